The average Bonchev–Trinajstić information content (AvgIpc) is 3.23. The number of nitrogens with one attached hydrogen (secondary N) is 1. The zero-order valence-corrected chi connectivity index (χ0v) is 17.0. The van der Waals surface area contributed by atoms with Gasteiger partial charge in [0.05, 0.1) is 18.0 Å². The second-order valence-corrected chi connectivity index (χ2v) is 7.22. The summed E-state index contributed by atoms with van der Waals surface area (Å²) in [5, 5.41) is 5.72. The number of hydrogen-bond acceptors (Lipinski definition) is 5. The van der Waals surface area contributed by atoms with Crippen LogP contribution >= 0.6 is 11.6 Å². The third-order valence-electron chi connectivity index (χ3n) is 5.02. The van der Waals surface area contributed by atoms with E-state index in [2.05, 4.69) is 27.4 Å². The van der Waals surface area contributed by atoms with Crippen LogP contribution in [-0.4, -0.2) is 26.6 Å². The van der Waals surface area contributed by atoms with E-state index in [0.717, 1.165) is 44.8 Å². The van der Waals surface area contributed by atoms with E-state index in [4.69, 9.17) is 21.3 Å². The van der Waals surface area contributed by atoms with Gasteiger partial charge in [-0.05, 0) is 48.0 Å². The lowest BCUT2D eigenvalue weighted by atomic mass is 10.2. The van der Waals surface area contributed by atoms with Crippen LogP contribution in [0.4, 0.5) is 5.82 Å². The van der Waals surface area contributed by atoms with Gasteiger partial charge in [-0.3, -0.25) is 0 Å². The van der Waals surface area contributed by atoms with Crippen molar-refractivity contribution in [3.63, 3.8) is 0 Å². The zero-order valence-electron chi connectivity index (χ0n) is 16.2. The van der Waals surface area contributed by atoms with Crippen LogP contribution in [0.5, 0.6) is 5.75 Å². The van der Waals surface area contributed by atoms with Crippen LogP contribution in [0.3, 0.4) is 0 Å². The molecule has 0 saturated heterocycles. The van der Waals surface area contributed by atoms with Gasteiger partial charge in [0.25, 0.3) is 0 Å². The highest BCUT2D eigenvalue weighted by Crippen LogP contribution is 2.25. The molecule has 1 N–H and O–H groups in total. The van der Waals surface area contributed by atoms with Crippen LogP contribution in [0.2, 0.25) is 5.15 Å². The van der Waals surface area contributed by atoms with Crippen LogP contribution < -0.4 is 10.1 Å². The lowest BCUT2D eigenvalue weighted by Crippen LogP contribution is -2.01. The number of methoxy groups -OCH3 is 1. The van der Waals surface area contributed by atoms with E-state index in [1.807, 2.05) is 59.3 Å². The second kappa shape index (κ2) is 7.65. The maximum atomic E-state index is 6.18. The van der Waals surface area contributed by atoms with Gasteiger partial charge in [0.15, 0.2) is 0 Å². The molecule has 0 aliphatic carbocycles. The molecule has 5 rings (SSSR count). The smallest absolute Gasteiger partial charge is 0.149 e. The van der Waals surface area contributed by atoms with Crippen LogP contribution in [0.15, 0.2) is 73.2 Å². The third-order valence-corrected chi connectivity index (χ3v) is 5.32. The summed E-state index contributed by atoms with van der Waals surface area (Å²) in [6.45, 7) is 0.680. The van der Waals surface area contributed by atoms with E-state index in [1.165, 1.54) is 6.33 Å². The number of aromatic nitrogens is 4. The van der Waals surface area contributed by atoms with Gasteiger partial charge < -0.3 is 14.6 Å². The third kappa shape index (κ3) is 3.42. The number of benzene rings is 2. The molecule has 0 fully saturated rings. The van der Waals surface area contributed by atoms with Crippen molar-refractivity contribution in [2.45, 2.75) is 6.54 Å². The first-order valence-corrected chi connectivity index (χ1v) is 9.84. The Kier molecular flexibility index (Phi) is 4.69. The van der Waals surface area contributed by atoms with Gasteiger partial charge >= 0.3 is 0 Å². The van der Waals surface area contributed by atoms with Crippen LogP contribution in [0, 0.1) is 0 Å². The van der Waals surface area contributed by atoms with E-state index in [9.17, 15) is 0 Å². The number of nitrogens with zero attached hydrogens (tertiary/aromatic N) is 4. The van der Waals surface area contributed by atoms with E-state index in [0.29, 0.717) is 11.7 Å². The van der Waals surface area contributed by atoms with Crippen molar-refractivity contribution in [3.8, 4) is 11.4 Å². The topological polar surface area (TPSA) is 64.9 Å². The summed E-state index contributed by atoms with van der Waals surface area (Å²) in [6.07, 6.45) is 3.42. The molecule has 0 spiro atoms. The molecule has 30 heavy (non-hydrogen) atoms. The molecular weight excluding hydrogens is 398 g/mol. The number of anilines is 1. The lowest BCUT2D eigenvalue weighted by Gasteiger charge is -2.09. The first-order chi connectivity index (χ1) is 14.7. The van der Waals surface area contributed by atoms with Gasteiger partial charge in [0.1, 0.15) is 28.7 Å². The standard InChI is InChI=1S/C23H18ClN5O/c1-30-18-7-2-15(3-8-18)13-25-21-9-5-16-4-6-17(12-20(16)28-21)29-11-10-19-22(24)26-14-27-23(19)29/h2-12,14H,13H2,1H3,(H,25,28). The molecule has 0 unspecified atom stereocenters. The van der Waals surface area contributed by atoms with Crippen LogP contribution in [0.25, 0.3) is 27.6 Å². The van der Waals surface area contributed by atoms with Gasteiger partial charge in [-0.1, -0.05) is 29.8 Å². The van der Waals surface area contributed by atoms with Crippen LogP contribution in [0.1, 0.15) is 5.56 Å². The summed E-state index contributed by atoms with van der Waals surface area (Å²) in [5.41, 5.74) is 3.78. The molecule has 0 bridgehead atoms. The Morgan fingerprint density at radius 3 is 2.67 bits per heavy atom. The largest absolute Gasteiger partial charge is 0.497 e. The van der Waals surface area contributed by atoms with E-state index < -0.39 is 0 Å². The zero-order chi connectivity index (χ0) is 20.5. The maximum Gasteiger partial charge on any atom is 0.149 e. The minimum Gasteiger partial charge on any atom is -0.497 e. The molecule has 2 aromatic carbocycles. The Labute approximate surface area is 178 Å². The van der Waals surface area contributed by atoms with E-state index in [-0.39, 0.29) is 0 Å². The van der Waals surface area contributed by atoms with Crippen molar-refractivity contribution in [2.75, 3.05) is 12.4 Å². The summed E-state index contributed by atoms with van der Waals surface area (Å²) >= 11 is 6.18. The molecule has 7 heteroatoms. The van der Waals surface area contributed by atoms with Gasteiger partial charge in [0, 0.05) is 23.8 Å². The van der Waals surface area contributed by atoms with Crippen molar-refractivity contribution < 1.29 is 4.74 Å². The first kappa shape index (κ1) is 18.4. The molecule has 6 nitrogen and oxygen atoms in total. The van der Waals surface area contributed by atoms with E-state index in [1.54, 1.807) is 7.11 Å². The molecule has 148 valence electrons. The summed E-state index contributed by atoms with van der Waals surface area (Å²) < 4.78 is 7.19. The number of pyridine rings is 1. The van der Waals surface area contributed by atoms with Crippen molar-refractivity contribution in [3.05, 3.63) is 83.9 Å². The van der Waals surface area contributed by atoms with Crippen LogP contribution in [-0.2, 0) is 6.54 Å². The van der Waals surface area contributed by atoms with Gasteiger partial charge in [-0.25, -0.2) is 15.0 Å². The predicted molar refractivity (Wildman–Crippen MR) is 119 cm³/mol. The van der Waals surface area contributed by atoms with Gasteiger partial charge in [0.2, 0.25) is 0 Å². The fraction of sp³-hybridized carbons (Fsp3) is 0.0870. The second-order valence-electron chi connectivity index (χ2n) is 6.86. The first-order valence-electron chi connectivity index (χ1n) is 9.47. The van der Waals surface area contributed by atoms with Crippen molar-refractivity contribution in [1.29, 1.82) is 0 Å². The molecule has 0 aliphatic rings. The Hall–Kier alpha value is -3.64. The van der Waals surface area contributed by atoms with Crippen molar-refractivity contribution >= 4 is 39.4 Å². The molecule has 0 aliphatic heterocycles. The highest BCUT2D eigenvalue weighted by atomic mass is 35.5. The number of halogens is 1. The Bertz CT molecular complexity index is 1350. The highest BCUT2D eigenvalue weighted by Gasteiger charge is 2.09. The lowest BCUT2D eigenvalue weighted by molar-refractivity contribution is 0.414. The Morgan fingerprint density at radius 2 is 1.83 bits per heavy atom. The van der Waals surface area contributed by atoms with E-state index >= 15 is 0 Å². The van der Waals surface area contributed by atoms with Crippen molar-refractivity contribution in [1.82, 2.24) is 19.5 Å². The molecule has 5 aromatic rings. The van der Waals surface area contributed by atoms with Crippen molar-refractivity contribution in [2.24, 2.45) is 0 Å². The fourth-order valence-electron chi connectivity index (χ4n) is 3.42. The normalized spacial score (nSPS) is 11.1. The van der Waals surface area contributed by atoms with Gasteiger partial charge in [-0.2, -0.15) is 0 Å². The Balaban J connectivity index is 1.44. The monoisotopic (exact) mass is 415 g/mol. The maximum absolute atomic E-state index is 6.18. The quantitative estimate of drug-likeness (QED) is 0.397. The molecule has 0 radical (unpaired) electrons. The molecule has 0 saturated carbocycles. The minimum atomic E-state index is 0.447. The molecule has 3 aromatic heterocycles. The minimum absolute atomic E-state index is 0.447. The number of fused-ring (bicyclic) bond motifs is 2. The Morgan fingerprint density at radius 1 is 1.00 bits per heavy atom. The summed E-state index contributed by atoms with van der Waals surface area (Å²) in [6, 6.07) is 20.1. The summed E-state index contributed by atoms with van der Waals surface area (Å²) in [5.74, 6) is 1.66. The van der Waals surface area contributed by atoms with Gasteiger partial charge in [-0.15, -0.1) is 0 Å². The number of hydrogen-bond donors (Lipinski definition) is 1. The summed E-state index contributed by atoms with van der Waals surface area (Å²) in [7, 11) is 1.67. The highest BCUT2D eigenvalue weighted by molar-refractivity contribution is 6.33. The SMILES string of the molecule is COc1ccc(CNc2ccc3ccc(-n4ccc5c(Cl)ncnc54)cc3n2)cc1. The number of rotatable bonds is 5. The molecular formula is C23H18ClN5O. The average molecular weight is 416 g/mol. The number of ether oxygens (including phenoxy) is 1. The molecule has 0 atom stereocenters. The molecule has 0 amide bonds. The predicted octanol–water partition coefficient (Wildman–Crippen LogP) is 5.24. The summed E-state index contributed by atoms with van der Waals surface area (Å²) in [4.78, 5) is 13.2. The fourth-order valence-corrected chi connectivity index (χ4v) is 3.61. The molecule has 3 heterocycles.